The Morgan fingerprint density at radius 3 is 2.08 bits per heavy atom. The van der Waals surface area contributed by atoms with Gasteiger partial charge in [-0.2, -0.15) is 0 Å². The molecule has 0 atom stereocenters. The van der Waals surface area contributed by atoms with Crippen molar-refractivity contribution in [3.05, 3.63) is 29.8 Å². The van der Waals surface area contributed by atoms with E-state index in [2.05, 4.69) is 5.32 Å². The second kappa shape index (κ2) is 7.55. The van der Waals surface area contributed by atoms with Crippen molar-refractivity contribution in [2.45, 2.75) is 33.2 Å². The van der Waals surface area contributed by atoms with E-state index < -0.39 is 0 Å². The SMILES string of the molecule is CCOc1ccc(C(=O)N2CCN(C(=O)NC(C)(C)C)CC2)cc1. The van der Waals surface area contributed by atoms with E-state index in [0.717, 1.165) is 5.75 Å². The number of hydrogen-bond donors (Lipinski definition) is 1. The summed E-state index contributed by atoms with van der Waals surface area (Å²) in [6.07, 6.45) is 0. The van der Waals surface area contributed by atoms with Crippen LogP contribution >= 0.6 is 0 Å². The zero-order valence-electron chi connectivity index (χ0n) is 15.0. The first-order valence-electron chi connectivity index (χ1n) is 8.39. The van der Waals surface area contributed by atoms with Crippen LogP contribution in [-0.4, -0.2) is 60.1 Å². The second-order valence-corrected chi connectivity index (χ2v) is 6.92. The maximum absolute atomic E-state index is 12.5. The summed E-state index contributed by atoms with van der Waals surface area (Å²) in [6.45, 7) is 10.6. The maximum Gasteiger partial charge on any atom is 0.317 e. The normalized spacial score (nSPS) is 15.2. The minimum absolute atomic E-state index is 0.00562. The number of rotatable bonds is 3. The van der Waals surface area contributed by atoms with Crippen LogP contribution in [0.3, 0.4) is 0 Å². The van der Waals surface area contributed by atoms with Crippen LogP contribution in [0.2, 0.25) is 0 Å². The van der Waals surface area contributed by atoms with E-state index in [4.69, 9.17) is 4.74 Å². The topological polar surface area (TPSA) is 61.9 Å². The molecule has 1 aromatic rings. The first kappa shape index (κ1) is 18.1. The first-order valence-corrected chi connectivity index (χ1v) is 8.39. The van der Waals surface area contributed by atoms with Gasteiger partial charge in [-0.3, -0.25) is 4.79 Å². The average molecular weight is 333 g/mol. The standard InChI is InChI=1S/C18H27N3O3/c1-5-24-15-8-6-14(7-9-15)16(22)20-10-12-21(13-11-20)17(23)19-18(2,3)4/h6-9H,5,10-13H2,1-4H3,(H,19,23). The van der Waals surface area contributed by atoms with Crippen LogP contribution in [0.1, 0.15) is 38.1 Å². The number of urea groups is 1. The number of benzene rings is 1. The molecular weight excluding hydrogens is 306 g/mol. The highest BCUT2D eigenvalue weighted by atomic mass is 16.5. The smallest absolute Gasteiger partial charge is 0.317 e. The number of ether oxygens (including phenoxy) is 1. The molecule has 0 radical (unpaired) electrons. The van der Waals surface area contributed by atoms with E-state index >= 15 is 0 Å². The molecule has 1 fully saturated rings. The van der Waals surface area contributed by atoms with Crippen molar-refractivity contribution >= 4 is 11.9 Å². The van der Waals surface area contributed by atoms with Gasteiger partial charge in [-0.25, -0.2) is 4.79 Å². The predicted octanol–water partition coefficient (Wildman–Crippen LogP) is 2.35. The Kier molecular flexibility index (Phi) is 5.70. The Morgan fingerprint density at radius 2 is 1.58 bits per heavy atom. The largest absolute Gasteiger partial charge is 0.494 e. The molecular formula is C18H27N3O3. The van der Waals surface area contributed by atoms with E-state index in [9.17, 15) is 9.59 Å². The van der Waals surface area contributed by atoms with Crippen molar-refractivity contribution in [1.29, 1.82) is 0 Å². The molecule has 6 heteroatoms. The number of hydrogen-bond acceptors (Lipinski definition) is 3. The lowest BCUT2D eigenvalue weighted by molar-refractivity contribution is 0.0661. The molecule has 0 aromatic heterocycles. The van der Waals surface area contributed by atoms with Crippen molar-refractivity contribution in [1.82, 2.24) is 15.1 Å². The third-order valence-electron chi connectivity index (χ3n) is 3.75. The molecule has 1 saturated heterocycles. The van der Waals surface area contributed by atoms with Crippen molar-refractivity contribution < 1.29 is 14.3 Å². The zero-order valence-corrected chi connectivity index (χ0v) is 15.0. The van der Waals surface area contributed by atoms with Gasteiger partial charge >= 0.3 is 6.03 Å². The van der Waals surface area contributed by atoms with E-state index in [1.807, 2.05) is 39.8 Å². The Balaban J connectivity index is 1.89. The Labute approximate surface area is 143 Å². The third-order valence-corrected chi connectivity index (χ3v) is 3.75. The first-order chi connectivity index (χ1) is 11.3. The van der Waals surface area contributed by atoms with E-state index in [1.165, 1.54) is 0 Å². The van der Waals surface area contributed by atoms with Crippen LogP contribution < -0.4 is 10.1 Å². The average Bonchev–Trinajstić information content (AvgIpc) is 2.54. The molecule has 0 aliphatic carbocycles. The molecule has 0 unspecified atom stereocenters. The molecule has 0 saturated carbocycles. The quantitative estimate of drug-likeness (QED) is 0.923. The molecule has 1 heterocycles. The summed E-state index contributed by atoms with van der Waals surface area (Å²) < 4.78 is 5.39. The minimum atomic E-state index is -0.258. The molecule has 24 heavy (non-hydrogen) atoms. The third kappa shape index (κ3) is 4.88. The molecule has 1 N–H and O–H groups in total. The lowest BCUT2D eigenvalue weighted by atomic mass is 10.1. The summed E-state index contributed by atoms with van der Waals surface area (Å²) in [7, 11) is 0. The maximum atomic E-state index is 12.5. The van der Waals surface area contributed by atoms with Gasteiger partial charge in [0.1, 0.15) is 5.75 Å². The van der Waals surface area contributed by atoms with Crippen LogP contribution in [0, 0.1) is 0 Å². The summed E-state index contributed by atoms with van der Waals surface area (Å²) in [5.74, 6) is 0.756. The van der Waals surface area contributed by atoms with Gasteiger partial charge in [0.2, 0.25) is 0 Å². The van der Waals surface area contributed by atoms with Crippen LogP contribution in [0.15, 0.2) is 24.3 Å². The lowest BCUT2D eigenvalue weighted by Gasteiger charge is -2.36. The Morgan fingerprint density at radius 1 is 1.04 bits per heavy atom. The minimum Gasteiger partial charge on any atom is -0.494 e. The highest BCUT2D eigenvalue weighted by Gasteiger charge is 2.26. The summed E-state index contributed by atoms with van der Waals surface area (Å²) in [4.78, 5) is 28.2. The number of nitrogens with zero attached hydrogens (tertiary/aromatic N) is 2. The van der Waals surface area contributed by atoms with Gasteiger partial charge in [-0.05, 0) is 52.0 Å². The van der Waals surface area contributed by atoms with Crippen LogP contribution in [0.4, 0.5) is 4.79 Å². The van der Waals surface area contributed by atoms with Gasteiger partial charge in [-0.15, -0.1) is 0 Å². The molecule has 1 aromatic carbocycles. The second-order valence-electron chi connectivity index (χ2n) is 6.92. The predicted molar refractivity (Wildman–Crippen MR) is 93.4 cm³/mol. The zero-order chi connectivity index (χ0) is 17.7. The monoisotopic (exact) mass is 333 g/mol. The molecule has 6 nitrogen and oxygen atoms in total. The molecule has 1 aliphatic heterocycles. The highest BCUT2D eigenvalue weighted by molar-refractivity contribution is 5.94. The van der Waals surface area contributed by atoms with Gasteiger partial charge < -0.3 is 19.9 Å². The Bertz CT molecular complexity index is 570. The number of amides is 3. The van der Waals surface area contributed by atoms with Crippen LogP contribution in [0.5, 0.6) is 5.75 Å². The molecule has 0 bridgehead atoms. The van der Waals surface area contributed by atoms with Gasteiger partial charge in [0, 0.05) is 37.3 Å². The fourth-order valence-electron chi connectivity index (χ4n) is 2.56. The number of carbonyl (C=O) groups excluding carboxylic acids is 2. The van der Waals surface area contributed by atoms with Crippen molar-refractivity contribution in [3.63, 3.8) is 0 Å². The van der Waals surface area contributed by atoms with Crippen LogP contribution in [0.25, 0.3) is 0 Å². The van der Waals surface area contributed by atoms with E-state index in [0.29, 0.717) is 38.3 Å². The molecule has 132 valence electrons. The van der Waals surface area contributed by atoms with Crippen molar-refractivity contribution in [2.75, 3.05) is 32.8 Å². The van der Waals surface area contributed by atoms with Crippen molar-refractivity contribution in [3.8, 4) is 5.75 Å². The molecule has 2 rings (SSSR count). The molecule has 0 spiro atoms. The summed E-state index contributed by atoms with van der Waals surface area (Å²) >= 11 is 0. The number of carbonyl (C=O) groups is 2. The number of piperazine rings is 1. The Hall–Kier alpha value is -2.24. The van der Waals surface area contributed by atoms with Gasteiger partial charge in [-0.1, -0.05) is 0 Å². The fourth-order valence-corrected chi connectivity index (χ4v) is 2.56. The molecule has 3 amide bonds. The summed E-state index contributed by atoms with van der Waals surface area (Å²) in [6, 6.07) is 7.11. The summed E-state index contributed by atoms with van der Waals surface area (Å²) in [5.41, 5.74) is 0.387. The van der Waals surface area contributed by atoms with Gasteiger partial charge in [0.25, 0.3) is 5.91 Å². The van der Waals surface area contributed by atoms with E-state index in [1.54, 1.807) is 21.9 Å². The lowest BCUT2D eigenvalue weighted by Crippen LogP contribution is -2.56. The highest BCUT2D eigenvalue weighted by Crippen LogP contribution is 2.15. The van der Waals surface area contributed by atoms with Crippen LogP contribution in [-0.2, 0) is 0 Å². The summed E-state index contributed by atoms with van der Waals surface area (Å²) in [5, 5.41) is 2.95. The van der Waals surface area contributed by atoms with Gasteiger partial charge in [0.05, 0.1) is 6.61 Å². The fraction of sp³-hybridized carbons (Fsp3) is 0.556. The van der Waals surface area contributed by atoms with Gasteiger partial charge in [0.15, 0.2) is 0 Å². The molecule has 1 aliphatic rings. The van der Waals surface area contributed by atoms with E-state index in [-0.39, 0.29) is 17.5 Å². The number of nitrogens with one attached hydrogen (secondary N) is 1. The van der Waals surface area contributed by atoms with Crippen molar-refractivity contribution in [2.24, 2.45) is 0 Å².